The summed E-state index contributed by atoms with van der Waals surface area (Å²) in [5, 5.41) is 0. The number of H-pyrrole nitrogens is 2. The van der Waals surface area contributed by atoms with E-state index in [4.69, 9.17) is 12.2 Å². The zero-order valence-electron chi connectivity index (χ0n) is 10.4. The normalized spacial score (nSPS) is 10.5. The molecule has 2 nitrogen and oxygen atoms in total. The molecular formula is C16H14N2S. The molecule has 0 atom stereocenters. The van der Waals surface area contributed by atoms with Gasteiger partial charge in [0.2, 0.25) is 0 Å². The highest BCUT2D eigenvalue weighted by molar-refractivity contribution is 7.71. The highest BCUT2D eigenvalue weighted by atomic mass is 32.1. The van der Waals surface area contributed by atoms with Gasteiger partial charge in [0, 0.05) is 12.1 Å². The molecule has 0 aliphatic heterocycles. The van der Waals surface area contributed by atoms with E-state index in [9.17, 15) is 0 Å². The van der Waals surface area contributed by atoms with E-state index in [2.05, 4.69) is 46.4 Å². The van der Waals surface area contributed by atoms with E-state index in [0.717, 1.165) is 23.4 Å². The van der Waals surface area contributed by atoms with Crippen molar-refractivity contribution < 1.29 is 0 Å². The summed E-state index contributed by atoms with van der Waals surface area (Å²) in [7, 11) is 0. The number of nitrogens with one attached hydrogen (secondary N) is 2. The molecule has 2 N–H and O–H groups in total. The number of rotatable bonds is 3. The van der Waals surface area contributed by atoms with Crippen molar-refractivity contribution in [3.8, 4) is 11.3 Å². The summed E-state index contributed by atoms with van der Waals surface area (Å²) >= 11 is 5.23. The molecule has 1 aromatic heterocycles. The zero-order chi connectivity index (χ0) is 13.1. The average Bonchev–Trinajstić information content (AvgIpc) is 2.82. The number of imidazole rings is 1. The van der Waals surface area contributed by atoms with Crippen molar-refractivity contribution >= 4 is 12.2 Å². The van der Waals surface area contributed by atoms with Gasteiger partial charge < -0.3 is 9.97 Å². The summed E-state index contributed by atoms with van der Waals surface area (Å²) in [5.41, 5.74) is 4.63. The summed E-state index contributed by atoms with van der Waals surface area (Å²) in [6.45, 7) is 0. The molecule has 0 saturated heterocycles. The average molecular weight is 266 g/mol. The topological polar surface area (TPSA) is 31.6 Å². The van der Waals surface area contributed by atoms with Crippen LogP contribution in [0, 0.1) is 4.77 Å². The molecule has 0 saturated carbocycles. The molecule has 0 aliphatic rings. The summed E-state index contributed by atoms with van der Waals surface area (Å²) in [6.07, 6.45) is 0.845. The van der Waals surface area contributed by atoms with Crippen LogP contribution >= 0.6 is 12.2 Å². The fourth-order valence-electron chi connectivity index (χ4n) is 2.20. The van der Waals surface area contributed by atoms with Crippen LogP contribution in [-0.4, -0.2) is 9.97 Å². The molecular weight excluding hydrogens is 252 g/mol. The molecule has 0 amide bonds. The van der Waals surface area contributed by atoms with Crippen molar-refractivity contribution in [1.29, 1.82) is 0 Å². The van der Waals surface area contributed by atoms with E-state index < -0.39 is 0 Å². The maximum absolute atomic E-state index is 5.23. The summed E-state index contributed by atoms with van der Waals surface area (Å²) in [5.74, 6) is 0. The van der Waals surface area contributed by atoms with Crippen molar-refractivity contribution in [3.63, 3.8) is 0 Å². The van der Waals surface area contributed by atoms with Crippen LogP contribution in [0.3, 0.4) is 0 Å². The van der Waals surface area contributed by atoms with Gasteiger partial charge in [0.15, 0.2) is 4.77 Å². The molecule has 0 spiro atoms. The Morgan fingerprint density at radius 3 is 2.11 bits per heavy atom. The van der Waals surface area contributed by atoms with E-state index in [1.165, 1.54) is 5.56 Å². The van der Waals surface area contributed by atoms with Gasteiger partial charge in [-0.3, -0.25) is 0 Å². The van der Waals surface area contributed by atoms with E-state index in [1.54, 1.807) is 0 Å². The Morgan fingerprint density at radius 1 is 0.789 bits per heavy atom. The second-order valence-corrected chi connectivity index (χ2v) is 4.87. The Balaban J connectivity index is 2.01. The maximum Gasteiger partial charge on any atom is 0.175 e. The molecule has 0 unspecified atom stereocenters. The van der Waals surface area contributed by atoms with E-state index >= 15 is 0 Å². The highest BCUT2D eigenvalue weighted by Gasteiger charge is 2.08. The third-order valence-corrected chi connectivity index (χ3v) is 3.30. The molecule has 19 heavy (non-hydrogen) atoms. The Hall–Kier alpha value is -2.13. The Bertz CT molecular complexity index is 711. The second kappa shape index (κ2) is 5.24. The first-order valence-electron chi connectivity index (χ1n) is 6.23. The number of hydrogen-bond donors (Lipinski definition) is 2. The van der Waals surface area contributed by atoms with Gasteiger partial charge in [0.1, 0.15) is 0 Å². The fraction of sp³-hybridized carbons (Fsp3) is 0.0625. The minimum atomic E-state index is 0.671. The minimum Gasteiger partial charge on any atom is -0.334 e. The molecule has 3 aromatic rings. The molecule has 0 fully saturated rings. The minimum absolute atomic E-state index is 0.671. The lowest BCUT2D eigenvalue weighted by Crippen LogP contribution is -1.91. The Labute approximate surface area is 117 Å². The van der Waals surface area contributed by atoms with E-state index in [-0.39, 0.29) is 0 Å². The lowest BCUT2D eigenvalue weighted by molar-refractivity contribution is 1.10. The van der Waals surface area contributed by atoms with E-state index in [1.807, 2.05) is 24.3 Å². The summed E-state index contributed by atoms with van der Waals surface area (Å²) in [6, 6.07) is 20.6. The van der Waals surface area contributed by atoms with Crippen molar-refractivity contribution in [1.82, 2.24) is 9.97 Å². The lowest BCUT2D eigenvalue weighted by atomic mass is 10.0. The Morgan fingerprint density at radius 2 is 1.42 bits per heavy atom. The summed E-state index contributed by atoms with van der Waals surface area (Å²) < 4.78 is 0.671. The van der Waals surface area contributed by atoms with Gasteiger partial charge in [-0.2, -0.15) is 0 Å². The third kappa shape index (κ3) is 2.66. The molecule has 0 bridgehead atoms. The van der Waals surface area contributed by atoms with Gasteiger partial charge in [-0.1, -0.05) is 60.7 Å². The molecule has 0 radical (unpaired) electrons. The van der Waals surface area contributed by atoms with Gasteiger partial charge in [0.05, 0.1) is 5.69 Å². The van der Waals surface area contributed by atoms with Gasteiger partial charge in [-0.25, -0.2) is 0 Å². The van der Waals surface area contributed by atoms with Crippen LogP contribution in [0.1, 0.15) is 11.3 Å². The zero-order valence-corrected chi connectivity index (χ0v) is 11.2. The first-order valence-corrected chi connectivity index (χ1v) is 6.64. The molecule has 94 valence electrons. The molecule has 0 aliphatic carbocycles. The van der Waals surface area contributed by atoms with Gasteiger partial charge in [-0.15, -0.1) is 0 Å². The molecule has 3 heteroatoms. The van der Waals surface area contributed by atoms with Crippen LogP contribution in [0.25, 0.3) is 11.3 Å². The fourth-order valence-corrected chi connectivity index (χ4v) is 2.43. The van der Waals surface area contributed by atoms with Gasteiger partial charge >= 0.3 is 0 Å². The highest BCUT2D eigenvalue weighted by Crippen LogP contribution is 2.22. The van der Waals surface area contributed by atoms with Crippen LogP contribution in [0.4, 0.5) is 0 Å². The van der Waals surface area contributed by atoms with Crippen LogP contribution in [0.2, 0.25) is 0 Å². The predicted molar refractivity (Wildman–Crippen MR) is 80.7 cm³/mol. The number of hydrogen-bond acceptors (Lipinski definition) is 1. The van der Waals surface area contributed by atoms with Gasteiger partial charge in [0.25, 0.3) is 0 Å². The van der Waals surface area contributed by atoms with Crippen LogP contribution in [0.15, 0.2) is 60.7 Å². The quantitative estimate of drug-likeness (QED) is 0.679. The summed E-state index contributed by atoms with van der Waals surface area (Å²) in [4.78, 5) is 6.49. The van der Waals surface area contributed by atoms with Crippen LogP contribution < -0.4 is 0 Å². The number of aromatic amines is 2. The van der Waals surface area contributed by atoms with E-state index in [0.29, 0.717) is 4.77 Å². The van der Waals surface area contributed by atoms with Crippen LogP contribution in [0.5, 0.6) is 0 Å². The first-order chi connectivity index (χ1) is 9.33. The van der Waals surface area contributed by atoms with Crippen molar-refractivity contribution in [2.45, 2.75) is 6.42 Å². The monoisotopic (exact) mass is 266 g/mol. The van der Waals surface area contributed by atoms with Crippen molar-refractivity contribution in [3.05, 3.63) is 76.7 Å². The molecule has 1 heterocycles. The van der Waals surface area contributed by atoms with Crippen molar-refractivity contribution in [2.75, 3.05) is 0 Å². The number of aromatic nitrogens is 2. The smallest absolute Gasteiger partial charge is 0.175 e. The molecule has 2 aromatic carbocycles. The standard InChI is InChI=1S/C16H14N2S/c19-16-17-14(11-12-7-3-1-4-8-12)15(18-16)13-9-5-2-6-10-13/h1-10H,11H2,(H2,17,18,19). The maximum atomic E-state index is 5.23. The third-order valence-electron chi connectivity index (χ3n) is 3.09. The first kappa shape index (κ1) is 11.9. The molecule has 3 rings (SSSR count). The lowest BCUT2D eigenvalue weighted by Gasteiger charge is -2.04. The largest absolute Gasteiger partial charge is 0.334 e. The van der Waals surface area contributed by atoms with Crippen molar-refractivity contribution in [2.24, 2.45) is 0 Å². The second-order valence-electron chi connectivity index (χ2n) is 4.46. The number of benzene rings is 2. The SMILES string of the molecule is S=c1[nH]c(Cc2ccccc2)c(-c2ccccc2)[nH]1. The van der Waals surface area contributed by atoms with Crippen LogP contribution in [-0.2, 0) is 6.42 Å². The Kier molecular flexibility index (Phi) is 3.29. The van der Waals surface area contributed by atoms with Gasteiger partial charge in [-0.05, 0) is 23.3 Å². The predicted octanol–water partition coefficient (Wildman–Crippen LogP) is 4.33.